The van der Waals surface area contributed by atoms with Crippen LogP contribution >= 0.6 is 0 Å². The highest BCUT2D eigenvalue weighted by atomic mass is 16.1. The smallest absolute Gasteiger partial charge is 0.253 e. The Balaban J connectivity index is 2.78. The molecule has 1 aromatic rings. The van der Waals surface area contributed by atoms with Gasteiger partial charge in [-0.05, 0) is 37.3 Å². The third kappa shape index (κ3) is 4.55. The van der Waals surface area contributed by atoms with E-state index < -0.39 is 0 Å². The Morgan fingerprint density at radius 1 is 1.15 bits per heavy atom. The van der Waals surface area contributed by atoms with Crippen molar-refractivity contribution in [3.8, 4) is 0 Å². The monoisotopic (exact) mass is 276 g/mol. The maximum Gasteiger partial charge on any atom is 0.253 e. The van der Waals surface area contributed by atoms with Crippen molar-refractivity contribution in [2.24, 2.45) is 11.3 Å². The molecular formula is C17H28N2O. The van der Waals surface area contributed by atoms with Gasteiger partial charge in [-0.3, -0.25) is 4.79 Å². The number of anilines is 1. The summed E-state index contributed by atoms with van der Waals surface area (Å²) in [6.45, 7) is 13.5. The van der Waals surface area contributed by atoms with Gasteiger partial charge in [-0.25, -0.2) is 0 Å². The summed E-state index contributed by atoms with van der Waals surface area (Å²) < 4.78 is 0. The molecule has 0 atom stereocenters. The highest BCUT2D eigenvalue weighted by Gasteiger charge is 2.23. The third-order valence-electron chi connectivity index (χ3n) is 3.88. The first-order valence-corrected chi connectivity index (χ1v) is 7.38. The predicted octanol–water partition coefficient (Wildman–Crippen LogP) is 3.92. The van der Waals surface area contributed by atoms with E-state index >= 15 is 0 Å². The number of nitrogens with one attached hydrogen (secondary N) is 2. The number of rotatable bonds is 6. The number of hydrogen-bond donors (Lipinski definition) is 2. The molecule has 0 unspecified atom stereocenters. The van der Waals surface area contributed by atoms with E-state index in [-0.39, 0.29) is 11.3 Å². The van der Waals surface area contributed by atoms with Gasteiger partial charge in [0.2, 0.25) is 0 Å². The maximum atomic E-state index is 12.4. The van der Waals surface area contributed by atoms with E-state index in [1.165, 1.54) is 0 Å². The van der Waals surface area contributed by atoms with Gasteiger partial charge < -0.3 is 10.6 Å². The molecule has 2 N–H and O–H groups in total. The minimum atomic E-state index is -0.0116. The zero-order valence-corrected chi connectivity index (χ0v) is 13.6. The van der Waals surface area contributed by atoms with Crippen molar-refractivity contribution in [1.29, 1.82) is 0 Å². The van der Waals surface area contributed by atoms with Gasteiger partial charge in [0.05, 0.1) is 5.56 Å². The van der Waals surface area contributed by atoms with Crippen LogP contribution in [0.5, 0.6) is 0 Å². The molecule has 112 valence electrons. The van der Waals surface area contributed by atoms with Crippen molar-refractivity contribution in [3.63, 3.8) is 0 Å². The first-order chi connectivity index (χ1) is 9.24. The van der Waals surface area contributed by atoms with E-state index in [9.17, 15) is 4.79 Å². The van der Waals surface area contributed by atoms with E-state index in [1.807, 2.05) is 24.3 Å². The minimum Gasteiger partial charge on any atom is -0.382 e. The van der Waals surface area contributed by atoms with Crippen LogP contribution < -0.4 is 10.6 Å². The number of para-hydroxylation sites is 1. The second-order valence-corrected chi connectivity index (χ2v) is 6.67. The maximum absolute atomic E-state index is 12.4. The lowest BCUT2D eigenvalue weighted by atomic mass is 9.81. The van der Waals surface area contributed by atoms with E-state index in [2.05, 4.69) is 52.2 Å². The Labute approximate surface area is 123 Å². The normalized spacial score (nSPS) is 11.8. The fourth-order valence-corrected chi connectivity index (χ4v) is 1.73. The molecule has 0 saturated heterocycles. The summed E-state index contributed by atoms with van der Waals surface area (Å²) in [5, 5.41) is 6.37. The first kappa shape index (κ1) is 16.5. The van der Waals surface area contributed by atoms with Gasteiger partial charge in [-0.2, -0.15) is 0 Å². The summed E-state index contributed by atoms with van der Waals surface area (Å²) in [7, 11) is 0. The van der Waals surface area contributed by atoms with Crippen LogP contribution in [0.2, 0.25) is 0 Å². The zero-order valence-electron chi connectivity index (χ0n) is 13.6. The Bertz CT molecular complexity index is 450. The average molecular weight is 276 g/mol. The molecule has 0 heterocycles. The molecule has 0 aromatic heterocycles. The van der Waals surface area contributed by atoms with Crippen molar-refractivity contribution >= 4 is 11.6 Å². The summed E-state index contributed by atoms with van der Waals surface area (Å²) >= 11 is 0. The van der Waals surface area contributed by atoms with Gasteiger partial charge in [0, 0.05) is 18.3 Å². The number of hydrogen-bond acceptors (Lipinski definition) is 2. The van der Waals surface area contributed by atoms with Gasteiger partial charge in [0.1, 0.15) is 0 Å². The van der Waals surface area contributed by atoms with Crippen LogP contribution in [0.15, 0.2) is 24.3 Å². The molecule has 0 saturated carbocycles. The fraction of sp³-hybridized carbons (Fsp3) is 0.588. The van der Waals surface area contributed by atoms with Gasteiger partial charge in [0.25, 0.3) is 5.91 Å². The summed E-state index contributed by atoms with van der Waals surface area (Å²) in [5.74, 6) is 0.509. The predicted molar refractivity (Wildman–Crippen MR) is 86.2 cm³/mol. The Hall–Kier alpha value is -1.51. The van der Waals surface area contributed by atoms with E-state index in [0.29, 0.717) is 24.1 Å². The highest BCUT2D eigenvalue weighted by Crippen LogP contribution is 2.25. The van der Waals surface area contributed by atoms with Crippen molar-refractivity contribution in [2.75, 3.05) is 11.9 Å². The molecule has 0 aliphatic carbocycles. The molecule has 3 heteroatoms. The molecule has 0 bridgehead atoms. The van der Waals surface area contributed by atoms with Gasteiger partial charge >= 0.3 is 0 Å². The Morgan fingerprint density at radius 2 is 1.75 bits per heavy atom. The second-order valence-electron chi connectivity index (χ2n) is 6.67. The van der Waals surface area contributed by atoms with E-state index in [4.69, 9.17) is 0 Å². The van der Waals surface area contributed by atoms with Crippen molar-refractivity contribution < 1.29 is 4.79 Å². The van der Waals surface area contributed by atoms with E-state index in [1.54, 1.807) is 0 Å². The van der Waals surface area contributed by atoms with Crippen LogP contribution in [0.3, 0.4) is 0 Å². The number of benzene rings is 1. The largest absolute Gasteiger partial charge is 0.382 e. The molecule has 0 aliphatic heterocycles. The van der Waals surface area contributed by atoms with Crippen molar-refractivity contribution in [1.82, 2.24) is 5.32 Å². The van der Waals surface area contributed by atoms with Gasteiger partial charge in [-0.1, -0.05) is 39.8 Å². The zero-order chi connectivity index (χ0) is 15.3. The molecule has 20 heavy (non-hydrogen) atoms. The lowest BCUT2D eigenvalue weighted by molar-refractivity contribution is 0.0925. The molecular weight excluding hydrogens is 248 g/mol. The lowest BCUT2D eigenvalue weighted by Crippen LogP contribution is -2.37. The lowest BCUT2D eigenvalue weighted by Gasteiger charge is -2.29. The number of carbonyl (C=O) groups excluding carboxylic acids is 1. The van der Waals surface area contributed by atoms with E-state index in [0.717, 1.165) is 5.69 Å². The van der Waals surface area contributed by atoms with Crippen LogP contribution in [-0.2, 0) is 0 Å². The molecule has 0 aliphatic rings. The average Bonchev–Trinajstić information content (AvgIpc) is 2.36. The Kier molecular flexibility index (Phi) is 5.61. The van der Waals surface area contributed by atoms with Gasteiger partial charge in [0.15, 0.2) is 0 Å². The van der Waals surface area contributed by atoms with Crippen LogP contribution in [0.25, 0.3) is 0 Å². The molecule has 0 spiro atoms. The third-order valence-corrected chi connectivity index (χ3v) is 3.88. The molecule has 0 fully saturated rings. The summed E-state index contributed by atoms with van der Waals surface area (Å²) in [5.41, 5.74) is 1.69. The van der Waals surface area contributed by atoms with Crippen molar-refractivity contribution in [2.45, 2.75) is 47.6 Å². The first-order valence-electron chi connectivity index (χ1n) is 7.38. The highest BCUT2D eigenvalue weighted by molar-refractivity contribution is 5.99. The second kappa shape index (κ2) is 6.78. The van der Waals surface area contributed by atoms with Gasteiger partial charge in [-0.15, -0.1) is 0 Å². The quantitative estimate of drug-likeness (QED) is 0.827. The van der Waals surface area contributed by atoms with Crippen LogP contribution in [0, 0.1) is 11.3 Å². The summed E-state index contributed by atoms with van der Waals surface area (Å²) in [4.78, 5) is 12.4. The SMILES string of the molecule is CC(C)Nc1ccccc1C(=O)NCC(C)(C)C(C)C. The summed E-state index contributed by atoms with van der Waals surface area (Å²) in [6.07, 6.45) is 0. The molecule has 1 aromatic carbocycles. The topological polar surface area (TPSA) is 41.1 Å². The standard InChI is InChI=1S/C17H28N2O/c1-12(2)17(5,6)11-18-16(20)14-9-7-8-10-15(14)19-13(3)4/h7-10,12-13,19H,11H2,1-6H3,(H,18,20). The molecule has 3 nitrogen and oxygen atoms in total. The van der Waals surface area contributed by atoms with Crippen molar-refractivity contribution in [3.05, 3.63) is 29.8 Å². The van der Waals surface area contributed by atoms with Crippen LogP contribution in [-0.4, -0.2) is 18.5 Å². The number of amides is 1. The molecule has 0 radical (unpaired) electrons. The molecule has 1 amide bonds. The van der Waals surface area contributed by atoms with Crippen LogP contribution in [0.1, 0.15) is 51.9 Å². The summed E-state index contributed by atoms with van der Waals surface area (Å²) in [6, 6.07) is 7.95. The molecule has 1 rings (SSSR count). The minimum absolute atomic E-state index is 0.0116. The number of carbonyl (C=O) groups is 1. The Morgan fingerprint density at radius 3 is 2.30 bits per heavy atom. The van der Waals surface area contributed by atoms with Crippen LogP contribution in [0.4, 0.5) is 5.69 Å². The fourth-order valence-electron chi connectivity index (χ4n) is 1.73.